The lowest BCUT2D eigenvalue weighted by molar-refractivity contribution is -0.141. The van der Waals surface area contributed by atoms with Crippen LogP contribution in [0.2, 0.25) is 0 Å². The van der Waals surface area contributed by atoms with Crippen molar-refractivity contribution in [2.24, 2.45) is 11.5 Å². The summed E-state index contributed by atoms with van der Waals surface area (Å²) in [4.78, 5) is 36.6. The minimum Gasteiger partial charge on any atom is -0.480 e. The number of imidazole rings is 1. The third-order valence-corrected chi connectivity index (χ3v) is 3.34. The van der Waals surface area contributed by atoms with Gasteiger partial charge in [-0.05, 0) is 27.8 Å². The fourth-order valence-electron chi connectivity index (χ4n) is 1.19. The lowest BCUT2D eigenvalue weighted by Gasteiger charge is -2.08. The number of allylic oxidation sites excluding steroid dienone is 1. The molecule has 1 heterocycles. The summed E-state index contributed by atoms with van der Waals surface area (Å²) in [6.07, 6.45) is 3.39. The number of H-pyrrole nitrogens is 1. The summed E-state index contributed by atoms with van der Waals surface area (Å²) >= 11 is 0. The van der Waals surface area contributed by atoms with Gasteiger partial charge in [0.15, 0.2) is 0 Å². The molecule has 15 N–H and O–H groups in total. The van der Waals surface area contributed by atoms with E-state index in [-0.39, 0.29) is 26.4 Å². The van der Waals surface area contributed by atoms with Crippen LogP contribution in [0.1, 0.15) is 26.5 Å². The molecule has 0 bridgehead atoms. The first-order chi connectivity index (χ1) is 18.1. The maximum atomic E-state index is 10.6. The number of hydrogen-bond acceptors (Lipinski definition) is 13. The fraction of sp³-hybridized carbons (Fsp3) is 0.636. The minimum atomic E-state index is -1.18. The molecule has 0 unspecified atom stereocenters. The number of rotatable bonds is 10. The highest BCUT2D eigenvalue weighted by Gasteiger charge is 2.16. The Morgan fingerprint density at radius 1 is 1.00 bits per heavy atom. The van der Waals surface area contributed by atoms with Crippen LogP contribution in [0.4, 0.5) is 0 Å². The largest absolute Gasteiger partial charge is 0.480 e. The van der Waals surface area contributed by atoms with Crippen molar-refractivity contribution in [2.45, 2.75) is 57.5 Å². The quantitative estimate of drug-likeness (QED) is 0.120. The minimum absolute atomic E-state index is 0.125. The standard InChI is InChI=1S/C7H11N3O2.C4H9NO3.C3H7NO2.C3H8O3.C3H6.C2H6O2/c1-8-6(7(11)12)2-5-3-9-4-10-5;1-2(6)3(5)4(7)8;1-2(4)3(5)6;4-1-3(6)2-5;1-3-2;3-1-2-4/h3-4,6,8H,2H2,1H3,(H,9,10)(H,11,12);2-3,6H,5H2,1H3,(H,7,8);2H,4H2,1H3,(H,5,6);3-6H,1-2H2;3H,1H2,2H3;3-4H,1-2H2/t6-;2-,3+;2-;;;/m010.../s1. The number of aromatic amines is 1. The van der Waals surface area contributed by atoms with Crippen LogP contribution >= 0.6 is 0 Å². The Morgan fingerprint density at radius 2 is 1.41 bits per heavy atom. The van der Waals surface area contributed by atoms with Crippen LogP contribution in [0.15, 0.2) is 25.2 Å². The van der Waals surface area contributed by atoms with Gasteiger partial charge in [0.2, 0.25) is 0 Å². The van der Waals surface area contributed by atoms with Crippen molar-refractivity contribution in [1.29, 1.82) is 0 Å². The SMILES string of the molecule is C=CC.CN[C@@H](Cc1cnc[nH]1)C(=O)O.C[C@@H](O)[C@H](N)C(=O)O.C[C@H](N)C(=O)O.OCC(O)CO.OCCO. The van der Waals surface area contributed by atoms with Gasteiger partial charge in [-0.25, -0.2) is 4.98 Å². The summed E-state index contributed by atoms with van der Waals surface area (Å²) < 4.78 is 0. The number of carbonyl (C=O) groups is 3. The predicted molar refractivity (Wildman–Crippen MR) is 142 cm³/mol. The van der Waals surface area contributed by atoms with Crippen LogP contribution in [0, 0.1) is 0 Å². The summed E-state index contributed by atoms with van der Waals surface area (Å²) in [7, 11) is 1.62. The number of aliphatic hydroxyl groups excluding tert-OH is 6. The van der Waals surface area contributed by atoms with Crippen LogP contribution < -0.4 is 16.8 Å². The van der Waals surface area contributed by atoms with E-state index in [1.807, 2.05) is 6.92 Å². The lowest BCUT2D eigenvalue weighted by Crippen LogP contribution is -2.39. The number of aliphatic carboxylic acids is 3. The number of hydrogen-bond donors (Lipinski definition) is 13. The van der Waals surface area contributed by atoms with Crippen molar-refractivity contribution >= 4 is 17.9 Å². The number of aromatic nitrogens is 2. The van der Waals surface area contributed by atoms with E-state index in [9.17, 15) is 14.4 Å². The molecule has 0 radical (unpaired) electrons. The molecule has 17 nitrogen and oxygen atoms in total. The van der Waals surface area contributed by atoms with E-state index in [4.69, 9.17) is 57.4 Å². The molecule has 0 fully saturated rings. The predicted octanol–water partition coefficient (Wildman–Crippen LogP) is -3.68. The molecule has 0 aromatic carbocycles. The smallest absolute Gasteiger partial charge is 0.323 e. The molecule has 0 aliphatic heterocycles. The highest BCUT2D eigenvalue weighted by atomic mass is 16.4. The maximum absolute atomic E-state index is 10.6. The van der Waals surface area contributed by atoms with Gasteiger partial charge >= 0.3 is 17.9 Å². The molecular formula is C22H47N5O12. The summed E-state index contributed by atoms with van der Waals surface area (Å²) in [6, 6.07) is -2.44. The molecule has 0 aliphatic carbocycles. The molecule has 0 saturated heterocycles. The van der Waals surface area contributed by atoms with Crippen molar-refractivity contribution in [3.63, 3.8) is 0 Å². The van der Waals surface area contributed by atoms with Gasteiger partial charge in [-0.3, -0.25) is 14.4 Å². The van der Waals surface area contributed by atoms with Gasteiger partial charge in [0.25, 0.3) is 0 Å². The molecule has 0 spiro atoms. The zero-order valence-electron chi connectivity index (χ0n) is 22.7. The van der Waals surface area contributed by atoms with E-state index in [2.05, 4.69) is 21.9 Å². The number of nitrogens with one attached hydrogen (secondary N) is 2. The summed E-state index contributed by atoms with van der Waals surface area (Å²) in [5.41, 5.74) is 10.6. The average molecular weight is 574 g/mol. The van der Waals surface area contributed by atoms with Crippen molar-refractivity contribution in [1.82, 2.24) is 15.3 Å². The second-order valence-corrected chi connectivity index (χ2v) is 7.07. The molecule has 1 aromatic rings. The van der Waals surface area contributed by atoms with E-state index < -0.39 is 48.2 Å². The number of carboxylic acid groups (broad SMARTS) is 3. The zero-order valence-corrected chi connectivity index (χ0v) is 22.7. The van der Waals surface area contributed by atoms with Crippen LogP contribution in [0.25, 0.3) is 0 Å². The second-order valence-electron chi connectivity index (χ2n) is 7.07. The number of nitrogens with zero attached hydrogens (tertiary/aromatic N) is 1. The summed E-state index contributed by atoms with van der Waals surface area (Å²) in [5, 5.41) is 75.1. The third-order valence-electron chi connectivity index (χ3n) is 3.34. The van der Waals surface area contributed by atoms with Crippen molar-refractivity contribution in [3.8, 4) is 0 Å². The van der Waals surface area contributed by atoms with Crippen molar-refractivity contribution in [2.75, 3.05) is 33.5 Å². The molecule has 39 heavy (non-hydrogen) atoms. The van der Waals surface area contributed by atoms with Gasteiger partial charge in [0.05, 0.1) is 38.9 Å². The molecule has 4 atom stereocenters. The van der Waals surface area contributed by atoms with E-state index in [0.717, 1.165) is 5.69 Å². The Kier molecular flexibility index (Phi) is 38.9. The highest BCUT2D eigenvalue weighted by Crippen LogP contribution is 1.97. The van der Waals surface area contributed by atoms with Gasteiger partial charge < -0.3 is 67.7 Å². The summed E-state index contributed by atoms with van der Waals surface area (Å²) in [5.74, 6) is -3.00. The van der Waals surface area contributed by atoms with Crippen molar-refractivity contribution < 1.29 is 60.3 Å². The van der Waals surface area contributed by atoms with Gasteiger partial charge in [0, 0.05) is 18.3 Å². The molecule has 0 saturated carbocycles. The Labute approximate surface area is 227 Å². The van der Waals surface area contributed by atoms with Gasteiger partial charge in [-0.1, -0.05) is 6.08 Å². The van der Waals surface area contributed by atoms with Gasteiger partial charge in [-0.2, -0.15) is 0 Å². The van der Waals surface area contributed by atoms with Crippen LogP contribution in [-0.2, 0) is 20.8 Å². The number of aliphatic hydroxyl groups is 6. The van der Waals surface area contributed by atoms with E-state index in [1.165, 1.54) is 20.2 Å². The van der Waals surface area contributed by atoms with Crippen molar-refractivity contribution in [3.05, 3.63) is 30.9 Å². The number of nitrogens with two attached hydrogens (primary N) is 2. The maximum Gasteiger partial charge on any atom is 0.323 e. The Hall–Kier alpha value is -3.00. The van der Waals surface area contributed by atoms with E-state index in [0.29, 0.717) is 6.42 Å². The zero-order chi connectivity index (χ0) is 32.0. The number of carboxylic acids is 3. The Bertz CT molecular complexity index is 685. The molecule has 0 amide bonds. The first-order valence-electron chi connectivity index (χ1n) is 11.3. The molecule has 17 heteroatoms. The first-order valence-corrected chi connectivity index (χ1v) is 11.3. The molecule has 0 aliphatic rings. The average Bonchev–Trinajstić information content (AvgIpc) is 3.41. The normalized spacial score (nSPS) is 12.2. The van der Waals surface area contributed by atoms with E-state index >= 15 is 0 Å². The van der Waals surface area contributed by atoms with Gasteiger partial charge in [-0.15, -0.1) is 6.58 Å². The fourth-order valence-corrected chi connectivity index (χ4v) is 1.19. The number of likely N-dealkylation sites (N-methyl/N-ethyl adjacent to an activating group) is 1. The molecule has 232 valence electrons. The molecule has 1 aromatic heterocycles. The Balaban J connectivity index is -0.000000126. The molecule has 1 rings (SSSR count). The first kappa shape index (κ1) is 45.9. The summed E-state index contributed by atoms with van der Waals surface area (Å²) in [6.45, 7) is 7.02. The van der Waals surface area contributed by atoms with Crippen LogP contribution in [0.3, 0.4) is 0 Å². The monoisotopic (exact) mass is 573 g/mol. The molecular weight excluding hydrogens is 526 g/mol. The van der Waals surface area contributed by atoms with Crippen LogP contribution in [0.5, 0.6) is 0 Å². The Morgan fingerprint density at radius 3 is 1.54 bits per heavy atom. The third kappa shape index (κ3) is 39.7. The highest BCUT2D eigenvalue weighted by molar-refractivity contribution is 5.74. The topological polar surface area (TPSA) is 326 Å². The second kappa shape index (κ2) is 33.0. The van der Waals surface area contributed by atoms with Gasteiger partial charge in [0.1, 0.15) is 24.2 Å². The van der Waals surface area contributed by atoms with E-state index in [1.54, 1.807) is 19.3 Å². The lowest BCUT2D eigenvalue weighted by atomic mass is 10.2. The van der Waals surface area contributed by atoms with Crippen LogP contribution in [-0.4, -0.2) is 138 Å².